The first kappa shape index (κ1) is 20.2. The normalized spacial score (nSPS) is 15.2. The van der Waals surface area contributed by atoms with Crippen LogP contribution < -0.4 is 10.2 Å². The van der Waals surface area contributed by atoms with E-state index in [4.69, 9.17) is 0 Å². The fourth-order valence-electron chi connectivity index (χ4n) is 3.42. The molecule has 1 aliphatic rings. The Morgan fingerprint density at radius 2 is 1.67 bits per heavy atom. The molecule has 2 aromatic heterocycles. The molecule has 1 aromatic carbocycles. The summed E-state index contributed by atoms with van der Waals surface area (Å²) in [7, 11) is -3.35. The number of hydrogen-bond donors (Lipinski definition) is 1. The number of hydrogen-bond acceptors (Lipinski definition) is 7. The third kappa shape index (κ3) is 4.92. The maximum atomic E-state index is 12.8. The number of piperazine rings is 1. The summed E-state index contributed by atoms with van der Waals surface area (Å²) in [5, 5.41) is 3.19. The highest BCUT2D eigenvalue weighted by atomic mass is 32.2. The van der Waals surface area contributed by atoms with Gasteiger partial charge in [0.05, 0.1) is 5.75 Å². The molecule has 0 atom stereocenters. The van der Waals surface area contributed by atoms with Crippen molar-refractivity contribution in [2.24, 2.45) is 0 Å². The second kappa shape index (κ2) is 8.76. The molecule has 156 valence electrons. The van der Waals surface area contributed by atoms with Gasteiger partial charge in [-0.25, -0.2) is 23.4 Å². The summed E-state index contributed by atoms with van der Waals surface area (Å²) in [5.41, 5.74) is 0.802. The van der Waals surface area contributed by atoms with Gasteiger partial charge < -0.3 is 10.2 Å². The number of nitrogens with zero attached hydrogens (tertiary/aromatic N) is 5. The topological polar surface area (TPSA) is 91.3 Å². The van der Waals surface area contributed by atoms with E-state index in [1.54, 1.807) is 10.5 Å². The van der Waals surface area contributed by atoms with E-state index in [0.717, 1.165) is 11.4 Å². The van der Waals surface area contributed by atoms with Gasteiger partial charge in [0.1, 0.15) is 23.3 Å². The van der Waals surface area contributed by atoms with Gasteiger partial charge in [0.2, 0.25) is 10.0 Å². The molecular weight excluding hydrogens is 400 g/mol. The largest absolute Gasteiger partial charge is 0.354 e. The molecule has 1 aliphatic heterocycles. The first-order chi connectivity index (χ1) is 14.5. The summed E-state index contributed by atoms with van der Waals surface area (Å²) in [6.45, 7) is 3.86. The van der Waals surface area contributed by atoms with Crippen LogP contribution in [0.15, 0.2) is 60.8 Å². The molecule has 3 heterocycles. The molecule has 1 N–H and O–H groups in total. The van der Waals surface area contributed by atoms with E-state index in [-0.39, 0.29) is 5.75 Å². The van der Waals surface area contributed by atoms with Gasteiger partial charge in [0.15, 0.2) is 0 Å². The maximum absolute atomic E-state index is 12.8. The van der Waals surface area contributed by atoms with E-state index in [1.807, 2.05) is 61.5 Å². The number of pyridine rings is 1. The van der Waals surface area contributed by atoms with Gasteiger partial charge in [0, 0.05) is 38.4 Å². The fraction of sp³-hybridized carbons (Fsp3) is 0.286. The van der Waals surface area contributed by atoms with Gasteiger partial charge in [0.25, 0.3) is 0 Å². The highest BCUT2D eigenvalue weighted by Crippen LogP contribution is 2.21. The predicted octanol–water partition coefficient (Wildman–Crippen LogP) is 2.58. The van der Waals surface area contributed by atoms with Crippen LogP contribution in [-0.4, -0.2) is 53.9 Å². The van der Waals surface area contributed by atoms with Crippen LogP contribution in [0.4, 0.5) is 17.5 Å². The van der Waals surface area contributed by atoms with Crippen molar-refractivity contribution >= 4 is 27.5 Å². The maximum Gasteiger partial charge on any atom is 0.218 e. The van der Waals surface area contributed by atoms with Crippen molar-refractivity contribution in [3.63, 3.8) is 0 Å². The van der Waals surface area contributed by atoms with Crippen molar-refractivity contribution in [3.8, 4) is 0 Å². The smallest absolute Gasteiger partial charge is 0.218 e. The van der Waals surface area contributed by atoms with Crippen molar-refractivity contribution < 1.29 is 8.42 Å². The minimum absolute atomic E-state index is 0.0264. The summed E-state index contributed by atoms with van der Waals surface area (Å²) in [6, 6.07) is 16.8. The van der Waals surface area contributed by atoms with Crippen LogP contribution in [0.25, 0.3) is 0 Å². The lowest BCUT2D eigenvalue weighted by atomic mass is 10.2. The summed E-state index contributed by atoms with van der Waals surface area (Å²) in [6.07, 6.45) is 1.71. The summed E-state index contributed by atoms with van der Waals surface area (Å²) < 4.78 is 27.1. The fourth-order valence-corrected chi connectivity index (χ4v) is 4.93. The number of benzene rings is 1. The van der Waals surface area contributed by atoms with Crippen LogP contribution in [0.3, 0.4) is 0 Å². The summed E-state index contributed by atoms with van der Waals surface area (Å²) >= 11 is 0. The molecule has 3 aromatic rings. The molecule has 9 heteroatoms. The van der Waals surface area contributed by atoms with Gasteiger partial charge in [-0.1, -0.05) is 36.4 Å². The number of nitrogens with one attached hydrogen (secondary N) is 1. The molecule has 4 rings (SSSR count). The molecule has 0 spiro atoms. The van der Waals surface area contributed by atoms with Crippen LogP contribution in [0.1, 0.15) is 11.4 Å². The lowest BCUT2D eigenvalue weighted by Crippen LogP contribution is -2.49. The Balaban J connectivity index is 1.42. The highest BCUT2D eigenvalue weighted by molar-refractivity contribution is 7.88. The average molecular weight is 425 g/mol. The zero-order chi connectivity index (χ0) is 21.0. The summed E-state index contributed by atoms with van der Waals surface area (Å²) in [5.74, 6) is 2.82. The van der Waals surface area contributed by atoms with E-state index in [0.29, 0.717) is 43.6 Å². The lowest BCUT2D eigenvalue weighted by molar-refractivity contribution is 0.383. The Kier molecular flexibility index (Phi) is 5.91. The molecule has 0 saturated carbocycles. The minimum atomic E-state index is -3.35. The van der Waals surface area contributed by atoms with Crippen molar-refractivity contribution in [2.45, 2.75) is 12.7 Å². The number of aromatic nitrogens is 3. The molecule has 0 amide bonds. The molecule has 1 saturated heterocycles. The number of rotatable bonds is 6. The van der Waals surface area contributed by atoms with Crippen LogP contribution in [-0.2, 0) is 15.8 Å². The zero-order valence-corrected chi connectivity index (χ0v) is 17.6. The molecule has 8 nitrogen and oxygen atoms in total. The second-order valence-electron chi connectivity index (χ2n) is 7.13. The van der Waals surface area contributed by atoms with Crippen LogP contribution in [0.2, 0.25) is 0 Å². The molecular formula is C21H24N6O2S. The van der Waals surface area contributed by atoms with Gasteiger partial charge in [-0.05, 0) is 24.6 Å². The van der Waals surface area contributed by atoms with E-state index in [9.17, 15) is 8.42 Å². The molecule has 0 aliphatic carbocycles. The van der Waals surface area contributed by atoms with Gasteiger partial charge in [-0.3, -0.25) is 0 Å². The van der Waals surface area contributed by atoms with Crippen LogP contribution in [0.5, 0.6) is 0 Å². The predicted molar refractivity (Wildman–Crippen MR) is 117 cm³/mol. The average Bonchev–Trinajstić information content (AvgIpc) is 2.75. The Bertz CT molecular complexity index is 1080. The number of anilines is 3. The van der Waals surface area contributed by atoms with Crippen molar-refractivity contribution in [3.05, 3.63) is 72.2 Å². The first-order valence-electron chi connectivity index (χ1n) is 9.80. The van der Waals surface area contributed by atoms with E-state index in [1.165, 1.54) is 0 Å². The Hall–Kier alpha value is -3.04. The van der Waals surface area contributed by atoms with Crippen LogP contribution in [0, 0.1) is 6.92 Å². The first-order valence-corrected chi connectivity index (χ1v) is 11.4. The highest BCUT2D eigenvalue weighted by Gasteiger charge is 2.27. The van der Waals surface area contributed by atoms with Crippen molar-refractivity contribution in [2.75, 3.05) is 36.4 Å². The number of aryl methyl sites for hydroxylation is 1. The van der Waals surface area contributed by atoms with Crippen molar-refractivity contribution in [1.29, 1.82) is 0 Å². The SMILES string of the molecule is Cc1nc(Nc2ccccn2)cc(N2CCN(S(=O)(=O)Cc3ccccc3)CC2)n1. The second-order valence-corrected chi connectivity index (χ2v) is 9.10. The van der Waals surface area contributed by atoms with Crippen molar-refractivity contribution in [1.82, 2.24) is 19.3 Å². The lowest BCUT2D eigenvalue weighted by Gasteiger charge is -2.34. The van der Waals surface area contributed by atoms with Gasteiger partial charge >= 0.3 is 0 Å². The Morgan fingerprint density at radius 3 is 2.37 bits per heavy atom. The van der Waals surface area contributed by atoms with Gasteiger partial charge in [-0.15, -0.1) is 0 Å². The monoisotopic (exact) mass is 424 g/mol. The molecule has 0 unspecified atom stereocenters. The zero-order valence-electron chi connectivity index (χ0n) is 16.8. The standard InChI is InChI=1S/C21H24N6O2S/c1-17-23-20(25-19-9-5-6-10-22-19)15-21(24-17)26-11-13-27(14-12-26)30(28,29)16-18-7-3-2-4-8-18/h2-10,15H,11-14,16H2,1H3,(H,22,23,24,25). The van der Waals surface area contributed by atoms with E-state index >= 15 is 0 Å². The molecule has 0 radical (unpaired) electrons. The third-order valence-electron chi connectivity index (χ3n) is 4.89. The van der Waals surface area contributed by atoms with Gasteiger partial charge in [-0.2, -0.15) is 4.31 Å². The number of sulfonamides is 1. The molecule has 0 bridgehead atoms. The minimum Gasteiger partial charge on any atom is -0.354 e. The quantitative estimate of drug-likeness (QED) is 0.650. The summed E-state index contributed by atoms with van der Waals surface area (Å²) in [4.78, 5) is 15.3. The van der Waals surface area contributed by atoms with Crippen LogP contribution >= 0.6 is 0 Å². The third-order valence-corrected chi connectivity index (χ3v) is 6.74. The Labute approximate surface area is 176 Å². The Morgan fingerprint density at radius 1 is 0.933 bits per heavy atom. The molecule has 1 fully saturated rings. The van der Waals surface area contributed by atoms with E-state index < -0.39 is 10.0 Å². The van der Waals surface area contributed by atoms with E-state index in [2.05, 4.69) is 25.2 Å². The molecule has 30 heavy (non-hydrogen) atoms.